The Labute approximate surface area is 152 Å². The molecule has 3 heteroatoms. The van der Waals surface area contributed by atoms with Gasteiger partial charge in [-0.15, -0.1) is 0 Å². The molecule has 0 atom stereocenters. The zero-order valence-corrected chi connectivity index (χ0v) is 15.4. The quantitative estimate of drug-likeness (QED) is 0.716. The van der Waals surface area contributed by atoms with E-state index in [9.17, 15) is 0 Å². The number of hydrogen-bond acceptors (Lipinski definition) is 3. The molecular weight excluding hydrogens is 308 g/mol. The van der Waals surface area contributed by atoms with Gasteiger partial charge in [-0.2, -0.15) is 0 Å². The third-order valence-electron chi connectivity index (χ3n) is 5.44. The minimum atomic E-state index is 0.331. The van der Waals surface area contributed by atoms with E-state index in [-0.39, 0.29) is 0 Å². The van der Waals surface area contributed by atoms with Gasteiger partial charge in [0.25, 0.3) is 0 Å². The van der Waals surface area contributed by atoms with Crippen LogP contribution in [0.3, 0.4) is 0 Å². The second-order valence-corrected chi connectivity index (χ2v) is 7.26. The van der Waals surface area contributed by atoms with E-state index in [1.54, 1.807) is 0 Å². The van der Waals surface area contributed by atoms with Crippen LogP contribution in [-0.2, 0) is 17.7 Å². The second kappa shape index (κ2) is 9.12. The fourth-order valence-electron chi connectivity index (χ4n) is 3.77. The van der Waals surface area contributed by atoms with Crippen molar-refractivity contribution in [3.05, 3.63) is 66.0 Å². The van der Waals surface area contributed by atoms with Crippen LogP contribution in [0, 0.1) is 5.41 Å². The zero-order chi connectivity index (χ0) is 17.4. The Kier molecular flexibility index (Phi) is 6.60. The topological polar surface area (TPSA) is 25.4 Å². The first-order chi connectivity index (χ1) is 12.3. The molecule has 2 aromatic rings. The Bertz CT molecular complexity index is 606. The summed E-state index contributed by atoms with van der Waals surface area (Å²) in [5, 5.41) is 0. The number of hydrogen-bond donors (Lipinski definition) is 0. The van der Waals surface area contributed by atoms with Crippen molar-refractivity contribution < 1.29 is 4.74 Å². The van der Waals surface area contributed by atoms with Crippen LogP contribution in [0.5, 0.6) is 0 Å². The summed E-state index contributed by atoms with van der Waals surface area (Å²) in [4.78, 5) is 6.79. The average molecular weight is 338 g/mol. The largest absolute Gasteiger partial charge is 0.381 e. The van der Waals surface area contributed by atoms with Gasteiger partial charge in [-0.1, -0.05) is 36.4 Å². The molecule has 0 unspecified atom stereocenters. The van der Waals surface area contributed by atoms with E-state index in [0.29, 0.717) is 5.41 Å². The fourth-order valence-corrected chi connectivity index (χ4v) is 3.77. The molecule has 1 aliphatic heterocycles. The lowest BCUT2D eigenvalue weighted by atomic mass is 9.74. The van der Waals surface area contributed by atoms with Gasteiger partial charge >= 0.3 is 0 Å². The van der Waals surface area contributed by atoms with Gasteiger partial charge in [0.1, 0.15) is 0 Å². The molecule has 1 aromatic heterocycles. The van der Waals surface area contributed by atoms with Crippen molar-refractivity contribution in [1.29, 1.82) is 0 Å². The lowest BCUT2D eigenvalue weighted by Gasteiger charge is -2.42. The van der Waals surface area contributed by atoms with Crippen molar-refractivity contribution in [2.75, 3.05) is 26.3 Å². The number of aromatic nitrogens is 1. The molecule has 3 rings (SSSR count). The van der Waals surface area contributed by atoms with E-state index in [4.69, 9.17) is 4.74 Å². The third-order valence-corrected chi connectivity index (χ3v) is 5.44. The first-order valence-electron chi connectivity index (χ1n) is 9.53. The van der Waals surface area contributed by atoms with E-state index >= 15 is 0 Å². The molecule has 25 heavy (non-hydrogen) atoms. The van der Waals surface area contributed by atoms with Crippen LogP contribution in [0.2, 0.25) is 0 Å². The lowest BCUT2D eigenvalue weighted by molar-refractivity contribution is -0.00233. The van der Waals surface area contributed by atoms with Crippen molar-refractivity contribution in [3.8, 4) is 0 Å². The maximum absolute atomic E-state index is 5.89. The summed E-state index contributed by atoms with van der Waals surface area (Å²) in [6.07, 6.45) is 8.64. The molecule has 0 bridgehead atoms. The summed E-state index contributed by atoms with van der Waals surface area (Å²) in [6.45, 7) is 7.12. The highest BCUT2D eigenvalue weighted by molar-refractivity contribution is 5.15. The minimum absolute atomic E-state index is 0.331. The molecule has 1 aromatic carbocycles. The summed E-state index contributed by atoms with van der Waals surface area (Å²) in [7, 11) is 0. The Morgan fingerprint density at radius 2 is 1.80 bits per heavy atom. The number of nitrogens with zero attached hydrogens (tertiary/aromatic N) is 2. The van der Waals surface area contributed by atoms with Crippen molar-refractivity contribution >= 4 is 0 Å². The first kappa shape index (κ1) is 18.1. The molecule has 0 aliphatic carbocycles. The van der Waals surface area contributed by atoms with E-state index in [1.807, 2.05) is 18.5 Å². The Hall–Kier alpha value is -1.71. The van der Waals surface area contributed by atoms with E-state index < -0.39 is 0 Å². The Morgan fingerprint density at radius 3 is 2.48 bits per heavy atom. The van der Waals surface area contributed by atoms with Gasteiger partial charge in [-0.25, -0.2) is 0 Å². The zero-order valence-electron chi connectivity index (χ0n) is 15.4. The molecule has 1 aliphatic rings. The predicted octanol–water partition coefficient (Wildman–Crippen LogP) is 4.33. The highest BCUT2D eigenvalue weighted by Gasteiger charge is 2.34. The highest BCUT2D eigenvalue weighted by atomic mass is 16.5. The molecule has 1 saturated heterocycles. The molecule has 1 fully saturated rings. The van der Waals surface area contributed by atoms with Crippen LogP contribution in [0.15, 0.2) is 54.9 Å². The van der Waals surface area contributed by atoms with Gasteiger partial charge in [0.2, 0.25) is 0 Å². The number of benzene rings is 1. The Balaban J connectivity index is 1.56. The van der Waals surface area contributed by atoms with E-state index in [2.05, 4.69) is 53.2 Å². The maximum Gasteiger partial charge on any atom is 0.0523 e. The average Bonchev–Trinajstić information content (AvgIpc) is 2.68. The number of rotatable bonds is 8. The molecule has 0 N–H and O–H groups in total. The minimum Gasteiger partial charge on any atom is -0.381 e. The molecule has 0 amide bonds. The van der Waals surface area contributed by atoms with Crippen LogP contribution >= 0.6 is 0 Å². The summed E-state index contributed by atoms with van der Waals surface area (Å²) in [5.74, 6) is 0. The summed E-state index contributed by atoms with van der Waals surface area (Å²) >= 11 is 0. The lowest BCUT2D eigenvalue weighted by Crippen LogP contribution is -2.42. The maximum atomic E-state index is 5.89. The molecule has 2 heterocycles. The molecule has 3 nitrogen and oxygen atoms in total. The van der Waals surface area contributed by atoms with Crippen LogP contribution in [-0.4, -0.2) is 36.2 Å². The number of pyridine rings is 1. The third kappa shape index (κ3) is 5.38. The second-order valence-electron chi connectivity index (χ2n) is 7.26. The van der Waals surface area contributed by atoms with E-state index in [1.165, 1.54) is 30.4 Å². The van der Waals surface area contributed by atoms with Crippen molar-refractivity contribution in [1.82, 2.24) is 9.88 Å². The molecule has 0 radical (unpaired) electrons. The number of ether oxygens (including phenoxy) is 1. The molecular formula is C22H30N2O. The smallest absolute Gasteiger partial charge is 0.0523 e. The van der Waals surface area contributed by atoms with Crippen LogP contribution in [0.1, 0.15) is 37.3 Å². The van der Waals surface area contributed by atoms with Gasteiger partial charge in [0.15, 0.2) is 0 Å². The standard InChI is InChI=1S/C22H30N2O/c1-2-25-19-22(11-10-20-7-4-3-5-8-20)12-15-24(16-13-22)18-21-9-6-14-23-17-21/h3-9,14,17H,2,10-13,15-16,18-19H2,1H3. The van der Waals surface area contributed by atoms with Gasteiger partial charge in [-0.05, 0) is 68.3 Å². The molecule has 0 spiro atoms. The van der Waals surface area contributed by atoms with Gasteiger partial charge < -0.3 is 4.74 Å². The first-order valence-corrected chi connectivity index (χ1v) is 9.53. The predicted molar refractivity (Wildman–Crippen MR) is 102 cm³/mol. The Morgan fingerprint density at radius 1 is 1.04 bits per heavy atom. The van der Waals surface area contributed by atoms with Crippen LogP contribution in [0.4, 0.5) is 0 Å². The summed E-state index contributed by atoms with van der Waals surface area (Å²) in [5.41, 5.74) is 3.08. The SMILES string of the molecule is CCOCC1(CCc2ccccc2)CCN(Cc2cccnc2)CC1. The summed E-state index contributed by atoms with van der Waals surface area (Å²) < 4.78 is 5.89. The van der Waals surface area contributed by atoms with Gasteiger partial charge in [0, 0.05) is 25.5 Å². The number of piperidine rings is 1. The van der Waals surface area contributed by atoms with Gasteiger partial charge in [0.05, 0.1) is 6.61 Å². The normalized spacial score (nSPS) is 17.5. The monoisotopic (exact) mass is 338 g/mol. The van der Waals surface area contributed by atoms with Crippen LogP contribution in [0.25, 0.3) is 0 Å². The number of aryl methyl sites for hydroxylation is 1. The van der Waals surface area contributed by atoms with Crippen molar-refractivity contribution in [2.24, 2.45) is 5.41 Å². The van der Waals surface area contributed by atoms with Crippen LogP contribution < -0.4 is 0 Å². The molecule has 0 saturated carbocycles. The van der Waals surface area contributed by atoms with E-state index in [0.717, 1.165) is 39.3 Å². The van der Waals surface area contributed by atoms with Crippen molar-refractivity contribution in [3.63, 3.8) is 0 Å². The molecule has 134 valence electrons. The summed E-state index contributed by atoms with van der Waals surface area (Å²) in [6, 6.07) is 15.1. The van der Waals surface area contributed by atoms with Crippen molar-refractivity contribution in [2.45, 2.75) is 39.2 Å². The number of likely N-dealkylation sites (tertiary alicyclic amines) is 1. The van der Waals surface area contributed by atoms with Gasteiger partial charge in [-0.3, -0.25) is 9.88 Å². The highest BCUT2D eigenvalue weighted by Crippen LogP contribution is 2.37. The fraction of sp³-hybridized carbons (Fsp3) is 0.500.